The van der Waals surface area contributed by atoms with Crippen LogP contribution in [-0.4, -0.2) is 23.3 Å². The lowest BCUT2D eigenvalue weighted by Crippen LogP contribution is -2.17. The maximum atomic E-state index is 13.0. The molecule has 0 aliphatic heterocycles. The van der Waals surface area contributed by atoms with E-state index in [0.717, 1.165) is 0 Å². The molecule has 6 heteroatoms. The summed E-state index contributed by atoms with van der Waals surface area (Å²) in [4.78, 5) is 27.3. The second-order valence-corrected chi connectivity index (χ2v) is 5.09. The fourth-order valence-corrected chi connectivity index (χ4v) is 1.90. The maximum Gasteiger partial charge on any atom is 0.310 e. The minimum Gasteiger partial charge on any atom is -0.457 e. The number of hydrogen-bond donors (Lipinski definition) is 0. The fraction of sp³-hybridized carbons (Fsp3) is 0.188. The molecule has 0 radical (unpaired) electrons. The van der Waals surface area contributed by atoms with Crippen molar-refractivity contribution < 1.29 is 18.7 Å². The zero-order chi connectivity index (χ0) is 15.9. The summed E-state index contributed by atoms with van der Waals surface area (Å²) in [7, 11) is 0. The molecule has 0 aliphatic carbocycles. The minimum absolute atomic E-state index is 0.0599. The molecule has 0 aliphatic rings. The van der Waals surface area contributed by atoms with Crippen LogP contribution in [0.15, 0.2) is 42.6 Å². The van der Waals surface area contributed by atoms with Crippen molar-refractivity contribution in [2.45, 2.75) is 12.8 Å². The standard InChI is InChI=1S/C16H13ClFNO3/c17-12-4-5-14(19-9-12)8-15(20)10-22-16(21)7-11-2-1-3-13(18)6-11/h1-6,9H,7-8,10H2. The van der Waals surface area contributed by atoms with Crippen molar-refractivity contribution in [3.8, 4) is 0 Å². The van der Waals surface area contributed by atoms with E-state index in [0.29, 0.717) is 16.3 Å². The Balaban J connectivity index is 1.78. The Morgan fingerprint density at radius 1 is 1.18 bits per heavy atom. The van der Waals surface area contributed by atoms with Crippen molar-refractivity contribution in [3.05, 3.63) is 64.7 Å². The topological polar surface area (TPSA) is 56.3 Å². The number of aromatic nitrogens is 1. The zero-order valence-electron chi connectivity index (χ0n) is 11.6. The van der Waals surface area contributed by atoms with Crippen LogP contribution in [-0.2, 0) is 27.2 Å². The molecule has 0 N–H and O–H groups in total. The highest BCUT2D eigenvalue weighted by Crippen LogP contribution is 2.07. The van der Waals surface area contributed by atoms with Crippen molar-refractivity contribution in [1.82, 2.24) is 4.98 Å². The van der Waals surface area contributed by atoms with Crippen molar-refractivity contribution in [1.29, 1.82) is 0 Å². The Morgan fingerprint density at radius 2 is 2.00 bits per heavy atom. The second kappa shape index (κ2) is 7.66. The third-order valence-corrected chi connectivity index (χ3v) is 3.02. The maximum absolute atomic E-state index is 13.0. The van der Waals surface area contributed by atoms with Gasteiger partial charge in [-0.1, -0.05) is 23.7 Å². The average molecular weight is 322 g/mol. The number of rotatable bonds is 6. The van der Waals surface area contributed by atoms with E-state index in [-0.39, 0.29) is 25.2 Å². The molecule has 0 saturated carbocycles. The van der Waals surface area contributed by atoms with Gasteiger partial charge in [0.15, 0.2) is 5.78 Å². The zero-order valence-corrected chi connectivity index (χ0v) is 12.3. The van der Waals surface area contributed by atoms with Gasteiger partial charge < -0.3 is 4.74 Å². The van der Waals surface area contributed by atoms with Gasteiger partial charge in [-0.05, 0) is 29.8 Å². The third kappa shape index (κ3) is 5.26. The van der Waals surface area contributed by atoms with Crippen LogP contribution in [0.4, 0.5) is 4.39 Å². The van der Waals surface area contributed by atoms with E-state index < -0.39 is 11.8 Å². The number of halogens is 2. The predicted molar refractivity (Wildman–Crippen MR) is 79.0 cm³/mol. The Morgan fingerprint density at radius 3 is 2.68 bits per heavy atom. The van der Waals surface area contributed by atoms with Crippen molar-refractivity contribution >= 4 is 23.4 Å². The van der Waals surface area contributed by atoms with E-state index in [2.05, 4.69) is 4.98 Å². The highest BCUT2D eigenvalue weighted by atomic mass is 35.5. The number of carbonyl (C=O) groups excluding carboxylic acids is 2. The average Bonchev–Trinajstić information content (AvgIpc) is 2.48. The SMILES string of the molecule is O=C(COC(=O)Cc1cccc(F)c1)Cc1ccc(Cl)cn1. The molecule has 1 heterocycles. The Kier molecular flexibility index (Phi) is 5.61. The molecule has 0 unspecified atom stereocenters. The molecular formula is C16H13ClFNO3. The first-order chi connectivity index (χ1) is 10.5. The number of pyridine rings is 1. The summed E-state index contributed by atoms with van der Waals surface area (Å²) in [5, 5.41) is 0.484. The number of benzene rings is 1. The number of esters is 1. The van der Waals surface area contributed by atoms with E-state index in [1.807, 2.05) is 0 Å². The van der Waals surface area contributed by atoms with E-state index in [1.54, 1.807) is 18.2 Å². The summed E-state index contributed by atoms with van der Waals surface area (Å²) < 4.78 is 17.9. The smallest absolute Gasteiger partial charge is 0.310 e. The van der Waals surface area contributed by atoms with E-state index in [1.165, 1.54) is 24.4 Å². The fourth-order valence-electron chi connectivity index (χ4n) is 1.79. The van der Waals surface area contributed by atoms with Gasteiger partial charge in [-0.2, -0.15) is 0 Å². The van der Waals surface area contributed by atoms with Gasteiger partial charge in [-0.25, -0.2) is 4.39 Å². The molecule has 1 aromatic carbocycles. The summed E-state index contributed by atoms with van der Waals surface area (Å²) in [6, 6.07) is 8.93. The molecular weight excluding hydrogens is 309 g/mol. The number of Topliss-reactive ketones (excluding diaryl/α,β-unsaturated/α-hetero) is 1. The first-order valence-electron chi connectivity index (χ1n) is 6.55. The number of ether oxygens (including phenoxy) is 1. The molecule has 4 nitrogen and oxygen atoms in total. The van der Waals surface area contributed by atoms with Gasteiger partial charge >= 0.3 is 5.97 Å². The first kappa shape index (κ1) is 16.1. The van der Waals surface area contributed by atoms with Crippen LogP contribution < -0.4 is 0 Å². The van der Waals surface area contributed by atoms with E-state index in [9.17, 15) is 14.0 Å². The van der Waals surface area contributed by atoms with Gasteiger partial charge in [0.05, 0.1) is 17.9 Å². The lowest BCUT2D eigenvalue weighted by molar-refractivity contribution is -0.147. The molecule has 22 heavy (non-hydrogen) atoms. The molecule has 1 aromatic heterocycles. The van der Waals surface area contributed by atoms with Gasteiger partial charge in [0.25, 0.3) is 0 Å². The molecule has 2 rings (SSSR count). The van der Waals surface area contributed by atoms with Crippen molar-refractivity contribution in [2.24, 2.45) is 0 Å². The summed E-state index contributed by atoms with van der Waals surface area (Å²) in [5.74, 6) is -1.28. The van der Waals surface area contributed by atoms with Crippen LogP contribution in [0.3, 0.4) is 0 Å². The molecule has 0 atom stereocenters. The summed E-state index contributed by atoms with van der Waals surface area (Å²) in [6.07, 6.45) is 1.43. The highest BCUT2D eigenvalue weighted by molar-refractivity contribution is 6.30. The molecule has 0 fully saturated rings. The monoisotopic (exact) mass is 321 g/mol. The van der Waals surface area contributed by atoms with E-state index in [4.69, 9.17) is 16.3 Å². The number of ketones is 1. The van der Waals surface area contributed by atoms with Crippen LogP contribution in [0.25, 0.3) is 0 Å². The van der Waals surface area contributed by atoms with Crippen LogP contribution in [0.1, 0.15) is 11.3 Å². The molecule has 0 spiro atoms. The van der Waals surface area contributed by atoms with Crippen LogP contribution in [0, 0.1) is 5.82 Å². The van der Waals surface area contributed by atoms with Crippen molar-refractivity contribution in [3.63, 3.8) is 0 Å². The number of hydrogen-bond acceptors (Lipinski definition) is 4. The molecule has 114 valence electrons. The summed E-state index contributed by atoms with van der Waals surface area (Å²) in [6.45, 7) is -0.335. The number of nitrogens with zero attached hydrogens (tertiary/aromatic N) is 1. The minimum atomic E-state index is -0.581. The van der Waals surface area contributed by atoms with Crippen LogP contribution in [0.2, 0.25) is 5.02 Å². The predicted octanol–water partition coefficient (Wildman–Crippen LogP) is 2.77. The van der Waals surface area contributed by atoms with Gasteiger partial charge in [0.2, 0.25) is 0 Å². The molecule has 0 amide bonds. The Hall–Kier alpha value is -2.27. The highest BCUT2D eigenvalue weighted by Gasteiger charge is 2.10. The number of carbonyl (C=O) groups is 2. The normalized spacial score (nSPS) is 10.3. The van der Waals surface area contributed by atoms with Gasteiger partial charge in [-0.3, -0.25) is 14.6 Å². The molecule has 0 saturated heterocycles. The molecule has 2 aromatic rings. The lowest BCUT2D eigenvalue weighted by Gasteiger charge is -2.05. The van der Waals surface area contributed by atoms with Gasteiger partial charge in [0.1, 0.15) is 12.4 Å². The Labute approximate surface area is 131 Å². The summed E-state index contributed by atoms with van der Waals surface area (Å²) in [5.41, 5.74) is 1.05. The van der Waals surface area contributed by atoms with Gasteiger partial charge in [0, 0.05) is 11.9 Å². The first-order valence-corrected chi connectivity index (χ1v) is 6.93. The molecule has 0 bridgehead atoms. The van der Waals surface area contributed by atoms with Crippen LogP contribution >= 0.6 is 11.6 Å². The van der Waals surface area contributed by atoms with E-state index >= 15 is 0 Å². The van der Waals surface area contributed by atoms with Gasteiger partial charge in [-0.15, -0.1) is 0 Å². The lowest BCUT2D eigenvalue weighted by atomic mass is 10.1. The second-order valence-electron chi connectivity index (χ2n) is 4.65. The summed E-state index contributed by atoms with van der Waals surface area (Å²) >= 11 is 5.70. The van der Waals surface area contributed by atoms with Crippen molar-refractivity contribution in [2.75, 3.05) is 6.61 Å². The largest absolute Gasteiger partial charge is 0.457 e. The third-order valence-electron chi connectivity index (χ3n) is 2.80. The quantitative estimate of drug-likeness (QED) is 0.768. The van der Waals surface area contributed by atoms with Crippen LogP contribution in [0.5, 0.6) is 0 Å². The Bertz CT molecular complexity index is 673.